The zero-order valence-corrected chi connectivity index (χ0v) is 17.0. The summed E-state index contributed by atoms with van der Waals surface area (Å²) >= 11 is 0. The van der Waals surface area contributed by atoms with Crippen LogP contribution in [0.25, 0.3) is 0 Å². The van der Waals surface area contributed by atoms with Crippen LogP contribution in [0, 0.1) is 0 Å². The quantitative estimate of drug-likeness (QED) is 0.549. The molecule has 0 saturated carbocycles. The lowest BCUT2D eigenvalue weighted by Gasteiger charge is -2.22. The summed E-state index contributed by atoms with van der Waals surface area (Å²) in [4.78, 5) is 40.8. The molecule has 0 aliphatic carbocycles. The lowest BCUT2D eigenvalue weighted by molar-refractivity contribution is -0.117. The van der Waals surface area contributed by atoms with E-state index in [1.165, 1.54) is 16.5 Å². The molecule has 0 radical (unpaired) electrons. The summed E-state index contributed by atoms with van der Waals surface area (Å²) in [5.74, 6) is -0.403. The van der Waals surface area contributed by atoms with Crippen LogP contribution in [0.2, 0.25) is 0 Å². The Labute approximate surface area is 174 Å². The summed E-state index contributed by atoms with van der Waals surface area (Å²) in [6.45, 7) is 2.13. The second-order valence-corrected chi connectivity index (χ2v) is 7.03. The molecule has 1 atom stereocenters. The van der Waals surface area contributed by atoms with Crippen molar-refractivity contribution in [2.24, 2.45) is 0 Å². The normalized spacial score (nSPS) is 11.8. The largest absolute Gasteiger partial charge is 0.383 e. The van der Waals surface area contributed by atoms with Gasteiger partial charge >= 0.3 is 5.69 Å². The molecular weight excluding hydrogens is 382 g/mol. The highest BCUT2D eigenvalue weighted by Crippen LogP contribution is 2.17. The first-order valence-electron chi connectivity index (χ1n) is 9.60. The number of nitrogens with zero attached hydrogens (tertiary/aromatic N) is 2. The van der Waals surface area contributed by atoms with Gasteiger partial charge in [-0.3, -0.25) is 19.1 Å². The Hall–Kier alpha value is -3.65. The van der Waals surface area contributed by atoms with Crippen LogP contribution in [0.3, 0.4) is 0 Å². The van der Waals surface area contributed by atoms with Crippen molar-refractivity contribution < 1.29 is 4.79 Å². The summed E-state index contributed by atoms with van der Waals surface area (Å²) in [6.07, 6.45) is 0. The first kappa shape index (κ1) is 21.1. The van der Waals surface area contributed by atoms with E-state index in [0.29, 0.717) is 0 Å². The van der Waals surface area contributed by atoms with E-state index in [1.807, 2.05) is 67.6 Å². The van der Waals surface area contributed by atoms with Gasteiger partial charge in [-0.1, -0.05) is 60.7 Å². The Morgan fingerprint density at radius 3 is 2.33 bits per heavy atom. The molecule has 1 aromatic heterocycles. The zero-order valence-electron chi connectivity index (χ0n) is 17.0. The van der Waals surface area contributed by atoms with Gasteiger partial charge in [-0.05, 0) is 18.1 Å². The first-order chi connectivity index (χ1) is 14.4. The lowest BCUT2D eigenvalue weighted by atomic mass is 10.1. The third-order valence-electron chi connectivity index (χ3n) is 4.97. The van der Waals surface area contributed by atoms with Gasteiger partial charge in [0.1, 0.15) is 5.82 Å². The zero-order chi connectivity index (χ0) is 21.7. The van der Waals surface area contributed by atoms with E-state index >= 15 is 0 Å². The number of nitrogens with one attached hydrogen (secondary N) is 2. The number of hydrogen-bond acceptors (Lipinski definition) is 5. The van der Waals surface area contributed by atoms with Gasteiger partial charge in [-0.15, -0.1) is 0 Å². The molecule has 0 spiro atoms. The molecule has 3 aromatic rings. The van der Waals surface area contributed by atoms with E-state index < -0.39 is 11.2 Å². The Balaban J connectivity index is 1.80. The van der Waals surface area contributed by atoms with Gasteiger partial charge in [0.15, 0.2) is 5.69 Å². The van der Waals surface area contributed by atoms with Gasteiger partial charge in [-0.2, -0.15) is 0 Å². The Morgan fingerprint density at radius 2 is 1.70 bits per heavy atom. The number of carbonyl (C=O) groups excluding carboxylic acids is 1. The van der Waals surface area contributed by atoms with E-state index in [2.05, 4.69) is 10.3 Å². The van der Waals surface area contributed by atoms with E-state index in [-0.39, 0.29) is 36.5 Å². The molecule has 1 amide bonds. The molecule has 4 N–H and O–H groups in total. The average Bonchev–Trinajstić information content (AvgIpc) is 2.75. The SMILES string of the molecule is C[C@H](NCC(=O)N(C)c1c(N)n(Cc2ccccc2)c(=O)[nH]c1=O)c1ccccc1. The molecule has 0 aliphatic heterocycles. The minimum atomic E-state index is -0.700. The highest BCUT2D eigenvalue weighted by atomic mass is 16.2. The average molecular weight is 407 g/mol. The number of H-pyrrole nitrogens is 1. The predicted octanol–water partition coefficient (Wildman–Crippen LogP) is 1.48. The number of rotatable bonds is 7. The van der Waals surface area contributed by atoms with Gasteiger partial charge < -0.3 is 16.0 Å². The number of aromatic amines is 1. The van der Waals surface area contributed by atoms with Crippen LogP contribution in [-0.2, 0) is 11.3 Å². The van der Waals surface area contributed by atoms with Gasteiger partial charge in [0, 0.05) is 13.1 Å². The molecule has 1 heterocycles. The second kappa shape index (κ2) is 9.23. The molecule has 0 fully saturated rings. The van der Waals surface area contributed by atoms with Crippen molar-refractivity contribution in [2.75, 3.05) is 24.2 Å². The number of aromatic nitrogens is 2. The van der Waals surface area contributed by atoms with Crippen LogP contribution in [0.1, 0.15) is 24.1 Å². The van der Waals surface area contributed by atoms with Crippen LogP contribution in [-0.4, -0.2) is 29.1 Å². The topological polar surface area (TPSA) is 113 Å². The summed E-state index contributed by atoms with van der Waals surface area (Å²) < 4.78 is 1.25. The fourth-order valence-electron chi connectivity index (χ4n) is 3.17. The molecule has 0 saturated heterocycles. The Morgan fingerprint density at radius 1 is 1.10 bits per heavy atom. The number of nitrogen functional groups attached to an aromatic ring is 1. The van der Waals surface area contributed by atoms with E-state index in [9.17, 15) is 14.4 Å². The summed E-state index contributed by atoms with van der Waals surface area (Å²) in [6, 6.07) is 18.9. The Kier molecular flexibility index (Phi) is 6.48. The van der Waals surface area contributed by atoms with Crippen molar-refractivity contribution in [1.29, 1.82) is 0 Å². The molecule has 0 unspecified atom stereocenters. The summed E-state index contributed by atoms with van der Waals surface area (Å²) in [5.41, 5.74) is 6.66. The molecule has 2 aromatic carbocycles. The first-order valence-corrected chi connectivity index (χ1v) is 9.60. The molecule has 8 nitrogen and oxygen atoms in total. The van der Waals surface area contributed by atoms with Crippen molar-refractivity contribution >= 4 is 17.4 Å². The maximum atomic E-state index is 12.7. The maximum absolute atomic E-state index is 12.7. The van der Waals surface area contributed by atoms with Crippen LogP contribution in [0.4, 0.5) is 11.5 Å². The summed E-state index contributed by atoms with van der Waals surface area (Å²) in [7, 11) is 1.47. The number of hydrogen-bond donors (Lipinski definition) is 3. The standard InChI is InChI=1S/C22H25N5O3/c1-15(17-11-7-4-8-12-17)24-13-18(28)26(2)19-20(23)27(22(30)25-21(19)29)14-16-9-5-3-6-10-16/h3-12,15,24H,13-14,23H2,1-2H3,(H,25,29,30)/t15-/m0/s1. The van der Waals surface area contributed by atoms with E-state index in [0.717, 1.165) is 11.1 Å². The monoisotopic (exact) mass is 407 g/mol. The van der Waals surface area contributed by atoms with Crippen molar-refractivity contribution in [2.45, 2.75) is 19.5 Å². The van der Waals surface area contributed by atoms with Crippen LogP contribution in [0.5, 0.6) is 0 Å². The molecule has 0 bridgehead atoms. The molecule has 30 heavy (non-hydrogen) atoms. The second-order valence-electron chi connectivity index (χ2n) is 7.03. The lowest BCUT2D eigenvalue weighted by Crippen LogP contribution is -2.42. The number of amides is 1. The molecule has 3 rings (SSSR count). The number of carbonyl (C=O) groups is 1. The number of anilines is 2. The predicted molar refractivity (Wildman–Crippen MR) is 118 cm³/mol. The number of nitrogens with two attached hydrogens (primary N) is 1. The van der Waals surface area contributed by atoms with Gasteiger partial charge in [0.05, 0.1) is 13.1 Å². The molecule has 8 heteroatoms. The van der Waals surface area contributed by atoms with Gasteiger partial charge in [0.2, 0.25) is 5.91 Å². The van der Waals surface area contributed by atoms with Gasteiger partial charge in [-0.25, -0.2) is 4.79 Å². The third-order valence-corrected chi connectivity index (χ3v) is 4.97. The van der Waals surface area contributed by atoms with Crippen molar-refractivity contribution in [1.82, 2.24) is 14.9 Å². The highest BCUT2D eigenvalue weighted by molar-refractivity contribution is 5.96. The smallest absolute Gasteiger partial charge is 0.330 e. The van der Waals surface area contributed by atoms with Crippen LogP contribution < -0.4 is 27.2 Å². The van der Waals surface area contributed by atoms with Crippen molar-refractivity contribution in [3.8, 4) is 0 Å². The van der Waals surface area contributed by atoms with Gasteiger partial charge in [0.25, 0.3) is 5.56 Å². The fourth-order valence-corrected chi connectivity index (χ4v) is 3.17. The van der Waals surface area contributed by atoms with Crippen LogP contribution in [0.15, 0.2) is 70.3 Å². The van der Waals surface area contributed by atoms with Crippen LogP contribution >= 0.6 is 0 Å². The summed E-state index contributed by atoms with van der Waals surface area (Å²) in [5, 5.41) is 3.14. The minimum Gasteiger partial charge on any atom is -0.383 e. The fraction of sp³-hybridized carbons (Fsp3) is 0.227. The number of likely N-dealkylation sites (N-methyl/N-ethyl adjacent to an activating group) is 1. The number of benzene rings is 2. The van der Waals surface area contributed by atoms with E-state index in [1.54, 1.807) is 0 Å². The maximum Gasteiger partial charge on any atom is 0.330 e. The molecule has 0 aliphatic rings. The third kappa shape index (κ3) is 4.66. The minimum absolute atomic E-state index is 0.00323. The van der Waals surface area contributed by atoms with Crippen molar-refractivity contribution in [3.05, 3.63) is 92.6 Å². The molecule has 156 valence electrons. The molecular formula is C22H25N5O3. The van der Waals surface area contributed by atoms with E-state index in [4.69, 9.17) is 5.73 Å². The Bertz CT molecular complexity index is 1120. The van der Waals surface area contributed by atoms with Crippen molar-refractivity contribution in [3.63, 3.8) is 0 Å². The highest BCUT2D eigenvalue weighted by Gasteiger charge is 2.21.